The van der Waals surface area contributed by atoms with Crippen LogP contribution < -0.4 is 0 Å². The molecule has 0 fully saturated rings. The van der Waals surface area contributed by atoms with Crippen molar-refractivity contribution in [3.8, 4) is 5.75 Å². The third-order valence-electron chi connectivity index (χ3n) is 4.94. The second-order valence-corrected chi connectivity index (χ2v) is 6.99. The highest BCUT2D eigenvalue weighted by Crippen LogP contribution is 2.27. The molecule has 5 heteroatoms. The van der Waals surface area contributed by atoms with E-state index >= 15 is 0 Å². The topological polar surface area (TPSA) is 59.0 Å². The van der Waals surface area contributed by atoms with Gasteiger partial charge in [-0.2, -0.15) is 0 Å². The summed E-state index contributed by atoms with van der Waals surface area (Å²) in [6.45, 7) is 2.44. The van der Waals surface area contributed by atoms with Crippen molar-refractivity contribution in [1.29, 1.82) is 0 Å². The van der Waals surface area contributed by atoms with Gasteiger partial charge in [-0.05, 0) is 34.9 Å². The van der Waals surface area contributed by atoms with Crippen molar-refractivity contribution >= 4 is 16.9 Å². The fourth-order valence-corrected chi connectivity index (χ4v) is 3.40. The molecule has 0 aliphatic carbocycles. The zero-order valence-corrected chi connectivity index (χ0v) is 17.2. The molecule has 0 bridgehead atoms. The van der Waals surface area contributed by atoms with Crippen molar-refractivity contribution in [3.05, 3.63) is 90.0 Å². The van der Waals surface area contributed by atoms with Gasteiger partial charge in [0.2, 0.25) is 0 Å². The first kappa shape index (κ1) is 21.4. The van der Waals surface area contributed by atoms with E-state index in [1.807, 2.05) is 48.6 Å². The molecule has 0 aliphatic heterocycles. The maximum absolute atomic E-state index is 11.0. The number of nitrogens with zero attached hydrogens (tertiary/aromatic N) is 1. The number of benzene rings is 3. The van der Waals surface area contributed by atoms with Crippen LogP contribution in [0.4, 0.5) is 4.79 Å². The van der Waals surface area contributed by atoms with Crippen LogP contribution in [0.3, 0.4) is 0 Å². The second kappa shape index (κ2) is 11.0. The number of phenols is 1. The molecule has 0 spiro atoms. The van der Waals surface area contributed by atoms with E-state index in [0.717, 1.165) is 35.8 Å². The number of hydrogen-bond acceptors (Lipinski definition) is 5. The first-order chi connectivity index (χ1) is 14.7. The molecule has 1 N–H and O–H groups in total. The Kier molecular flexibility index (Phi) is 7.86. The lowest BCUT2D eigenvalue weighted by Gasteiger charge is -2.22. The van der Waals surface area contributed by atoms with E-state index in [9.17, 15) is 9.90 Å². The summed E-state index contributed by atoms with van der Waals surface area (Å²) >= 11 is 0. The fraction of sp³-hybridized carbons (Fsp3) is 0.240. The maximum Gasteiger partial charge on any atom is 0.508 e. The van der Waals surface area contributed by atoms with Crippen LogP contribution in [-0.2, 0) is 22.4 Å². The van der Waals surface area contributed by atoms with E-state index in [2.05, 4.69) is 33.9 Å². The molecule has 0 aromatic heterocycles. The summed E-state index contributed by atoms with van der Waals surface area (Å²) in [6.07, 6.45) is 3.83. The van der Waals surface area contributed by atoms with Crippen LogP contribution in [-0.4, -0.2) is 43.0 Å². The van der Waals surface area contributed by atoms with Crippen LogP contribution in [0.25, 0.3) is 10.8 Å². The second-order valence-electron chi connectivity index (χ2n) is 6.99. The molecule has 0 radical (unpaired) electrons. The predicted molar refractivity (Wildman–Crippen MR) is 119 cm³/mol. The van der Waals surface area contributed by atoms with E-state index in [1.54, 1.807) is 6.07 Å². The average molecular weight is 405 g/mol. The highest BCUT2D eigenvalue weighted by Gasteiger charge is 2.10. The van der Waals surface area contributed by atoms with Gasteiger partial charge >= 0.3 is 6.16 Å². The Balaban J connectivity index is 1.68. The quantitative estimate of drug-likeness (QED) is 0.404. The lowest BCUT2D eigenvalue weighted by Crippen LogP contribution is -2.26. The Labute approximate surface area is 177 Å². The van der Waals surface area contributed by atoms with Crippen molar-refractivity contribution in [1.82, 2.24) is 4.90 Å². The van der Waals surface area contributed by atoms with Gasteiger partial charge in [-0.15, -0.1) is 0 Å². The van der Waals surface area contributed by atoms with Crippen LogP contribution in [0, 0.1) is 0 Å². The van der Waals surface area contributed by atoms with Gasteiger partial charge in [0.1, 0.15) is 12.4 Å². The number of ether oxygens (including phenoxy) is 2. The third kappa shape index (κ3) is 6.09. The van der Waals surface area contributed by atoms with Crippen molar-refractivity contribution in [3.63, 3.8) is 0 Å². The minimum atomic E-state index is -0.688. The van der Waals surface area contributed by atoms with Crippen LogP contribution in [0.5, 0.6) is 5.75 Å². The van der Waals surface area contributed by atoms with Crippen LogP contribution in [0.2, 0.25) is 0 Å². The first-order valence-corrected chi connectivity index (χ1v) is 9.99. The lowest BCUT2D eigenvalue weighted by atomic mass is 10.0. The molecule has 30 heavy (non-hydrogen) atoms. The molecular weight excluding hydrogens is 378 g/mol. The Hall–Kier alpha value is -3.31. The summed E-state index contributed by atoms with van der Waals surface area (Å²) < 4.78 is 9.35. The number of fused-ring (bicyclic) bond motifs is 1. The number of methoxy groups -OCH3 is 1. The molecule has 156 valence electrons. The van der Waals surface area contributed by atoms with Gasteiger partial charge in [0.25, 0.3) is 0 Å². The zero-order valence-electron chi connectivity index (χ0n) is 17.2. The normalized spacial score (nSPS) is 11.3. The molecule has 3 rings (SSSR count). The molecule has 0 aliphatic rings. The summed E-state index contributed by atoms with van der Waals surface area (Å²) in [7, 11) is 1.29. The molecule has 3 aromatic rings. The summed E-state index contributed by atoms with van der Waals surface area (Å²) in [5, 5.41) is 12.6. The average Bonchev–Trinajstić information content (AvgIpc) is 2.78. The fourth-order valence-electron chi connectivity index (χ4n) is 3.40. The van der Waals surface area contributed by atoms with Gasteiger partial charge in [-0.25, -0.2) is 4.79 Å². The number of rotatable bonds is 9. The number of hydrogen-bond donors (Lipinski definition) is 1. The molecule has 5 nitrogen and oxygen atoms in total. The van der Waals surface area contributed by atoms with E-state index < -0.39 is 6.16 Å². The zero-order chi connectivity index (χ0) is 21.2. The van der Waals surface area contributed by atoms with Crippen molar-refractivity contribution in [2.45, 2.75) is 13.0 Å². The molecule has 0 saturated carbocycles. The highest BCUT2D eigenvalue weighted by atomic mass is 16.7. The van der Waals surface area contributed by atoms with Gasteiger partial charge in [0.15, 0.2) is 0 Å². The SMILES string of the molecule is COC(=O)OC/C=C/CN(CCc1c(O)ccc2ccccc12)Cc1ccccc1. The standard InChI is InChI=1S/C25H27NO4/c1-29-25(28)30-18-8-7-16-26(19-20-9-3-2-4-10-20)17-15-23-22-12-6-5-11-21(22)13-14-24(23)27/h2-14,27H,15-19H2,1H3/b8-7+. The molecular formula is C25H27NO4. The highest BCUT2D eigenvalue weighted by molar-refractivity contribution is 5.87. The van der Waals surface area contributed by atoms with Crippen LogP contribution in [0.15, 0.2) is 78.9 Å². The molecule has 0 unspecified atom stereocenters. The number of phenolic OH excluding ortho intramolecular Hbond substituents is 1. The first-order valence-electron chi connectivity index (χ1n) is 9.99. The third-order valence-corrected chi connectivity index (χ3v) is 4.94. The Morgan fingerprint density at radius 2 is 1.77 bits per heavy atom. The predicted octanol–water partition coefficient (Wildman–Crippen LogP) is 4.93. The van der Waals surface area contributed by atoms with Gasteiger partial charge in [-0.1, -0.05) is 66.7 Å². The van der Waals surface area contributed by atoms with Crippen molar-refractivity contribution in [2.75, 3.05) is 26.8 Å². The van der Waals surface area contributed by atoms with Gasteiger partial charge < -0.3 is 14.6 Å². The van der Waals surface area contributed by atoms with E-state index in [1.165, 1.54) is 12.7 Å². The number of carbonyl (C=O) groups is 1. The summed E-state index contributed by atoms with van der Waals surface area (Å²) in [6, 6.07) is 22.1. The minimum absolute atomic E-state index is 0.177. The van der Waals surface area contributed by atoms with Gasteiger partial charge in [0.05, 0.1) is 7.11 Å². The molecule has 3 aromatic carbocycles. The summed E-state index contributed by atoms with van der Waals surface area (Å²) in [4.78, 5) is 13.3. The minimum Gasteiger partial charge on any atom is -0.508 e. The molecule has 0 saturated heterocycles. The smallest absolute Gasteiger partial charge is 0.508 e. The number of carbonyl (C=O) groups excluding carboxylic acids is 1. The lowest BCUT2D eigenvalue weighted by molar-refractivity contribution is 0.0817. The van der Waals surface area contributed by atoms with Crippen LogP contribution >= 0.6 is 0 Å². The molecule has 0 amide bonds. The van der Waals surface area contributed by atoms with E-state index in [4.69, 9.17) is 4.74 Å². The Morgan fingerprint density at radius 3 is 2.57 bits per heavy atom. The van der Waals surface area contributed by atoms with Crippen molar-refractivity contribution < 1.29 is 19.4 Å². The monoisotopic (exact) mass is 405 g/mol. The largest absolute Gasteiger partial charge is 0.508 e. The molecule has 0 atom stereocenters. The number of aromatic hydroxyl groups is 1. The van der Waals surface area contributed by atoms with E-state index in [-0.39, 0.29) is 6.61 Å². The van der Waals surface area contributed by atoms with Crippen LogP contribution in [0.1, 0.15) is 11.1 Å². The van der Waals surface area contributed by atoms with E-state index in [0.29, 0.717) is 12.3 Å². The van der Waals surface area contributed by atoms with Gasteiger partial charge in [-0.3, -0.25) is 4.90 Å². The summed E-state index contributed by atoms with van der Waals surface area (Å²) in [5.74, 6) is 0.329. The van der Waals surface area contributed by atoms with Gasteiger partial charge in [0, 0.05) is 25.2 Å². The van der Waals surface area contributed by atoms with Crippen molar-refractivity contribution in [2.24, 2.45) is 0 Å². The molecule has 0 heterocycles. The maximum atomic E-state index is 11.0. The Bertz CT molecular complexity index is 985. The summed E-state index contributed by atoms with van der Waals surface area (Å²) in [5.41, 5.74) is 2.18. The Morgan fingerprint density at radius 1 is 1.00 bits per heavy atom.